The van der Waals surface area contributed by atoms with E-state index in [1.807, 2.05) is 0 Å². The number of alkyl halides is 2. The summed E-state index contributed by atoms with van der Waals surface area (Å²) in [5.74, 6) is -1.38. The van der Waals surface area contributed by atoms with Crippen molar-refractivity contribution in [1.82, 2.24) is 9.78 Å². The van der Waals surface area contributed by atoms with Gasteiger partial charge in [-0.05, 0) is 18.2 Å². The summed E-state index contributed by atoms with van der Waals surface area (Å²) in [6.07, 6.45) is -1.59. The Bertz CT molecular complexity index is 1100. The fourth-order valence-electron chi connectivity index (χ4n) is 2.24. The average Bonchev–Trinajstić information content (AvgIpc) is 2.95. The van der Waals surface area contributed by atoms with Crippen molar-refractivity contribution in [3.63, 3.8) is 0 Å². The third kappa shape index (κ3) is 3.55. The van der Waals surface area contributed by atoms with E-state index in [1.165, 1.54) is 18.2 Å². The van der Waals surface area contributed by atoms with E-state index in [9.17, 15) is 18.4 Å². The van der Waals surface area contributed by atoms with E-state index in [0.29, 0.717) is 5.02 Å². The zero-order chi connectivity index (χ0) is 18.8. The molecule has 10 heteroatoms. The van der Waals surface area contributed by atoms with Gasteiger partial charge < -0.3 is 9.73 Å². The summed E-state index contributed by atoms with van der Waals surface area (Å²) in [4.78, 5) is 24.4. The summed E-state index contributed by atoms with van der Waals surface area (Å²) in [6, 6.07) is 7.05. The van der Waals surface area contributed by atoms with Crippen LogP contribution in [-0.2, 0) is 6.54 Å². The first-order valence-corrected chi connectivity index (χ1v) is 7.55. The van der Waals surface area contributed by atoms with Gasteiger partial charge >= 0.3 is 0 Å². The molecule has 0 fully saturated rings. The van der Waals surface area contributed by atoms with Gasteiger partial charge in [0, 0.05) is 17.3 Å². The van der Waals surface area contributed by atoms with E-state index in [2.05, 4.69) is 10.4 Å². The molecule has 1 amide bonds. The predicted molar refractivity (Wildman–Crippen MR) is 88.4 cm³/mol. The van der Waals surface area contributed by atoms with Gasteiger partial charge in [-0.1, -0.05) is 11.6 Å². The van der Waals surface area contributed by atoms with E-state index >= 15 is 0 Å². The molecule has 0 aliphatic rings. The molecule has 3 aromatic rings. The molecule has 0 unspecified atom stereocenters. The molecule has 2 aromatic heterocycles. The lowest BCUT2D eigenvalue weighted by molar-refractivity contribution is 0.0996. The normalized spacial score (nSPS) is 10.9. The molecule has 0 radical (unpaired) electrons. The Hall–Kier alpha value is -3.25. The second-order valence-electron chi connectivity index (χ2n) is 5.19. The summed E-state index contributed by atoms with van der Waals surface area (Å²) in [5, 5.41) is 15.6. The van der Waals surface area contributed by atoms with Crippen LogP contribution >= 0.6 is 11.6 Å². The summed E-state index contributed by atoms with van der Waals surface area (Å²) >= 11 is 5.82. The van der Waals surface area contributed by atoms with Gasteiger partial charge in [-0.25, -0.2) is 8.78 Å². The lowest BCUT2D eigenvalue weighted by Crippen LogP contribution is -2.16. The fraction of sp³-hybridized carbons (Fsp3) is 0.125. The van der Waals surface area contributed by atoms with E-state index in [-0.39, 0.29) is 28.1 Å². The van der Waals surface area contributed by atoms with Crippen molar-refractivity contribution in [3.05, 3.63) is 57.0 Å². The molecule has 132 valence electrons. The highest BCUT2D eigenvalue weighted by atomic mass is 35.5. The highest BCUT2D eigenvalue weighted by molar-refractivity contribution is 6.31. The molecular formula is C16H9ClF2N4O3. The first-order chi connectivity index (χ1) is 12.4. The Morgan fingerprint density at radius 3 is 2.88 bits per heavy atom. The van der Waals surface area contributed by atoms with Crippen molar-refractivity contribution in [1.29, 1.82) is 5.26 Å². The van der Waals surface area contributed by atoms with Crippen molar-refractivity contribution in [2.45, 2.75) is 13.0 Å². The molecule has 0 aliphatic heterocycles. The summed E-state index contributed by atoms with van der Waals surface area (Å²) in [5.41, 5.74) is -0.438. The number of carbonyl (C=O) groups is 1. The van der Waals surface area contributed by atoms with Crippen LogP contribution in [0.15, 0.2) is 39.7 Å². The van der Waals surface area contributed by atoms with Gasteiger partial charge in [0.25, 0.3) is 12.3 Å². The quantitative estimate of drug-likeness (QED) is 0.752. The minimum Gasteiger partial charge on any atom is -0.451 e. The Labute approximate surface area is 149 Å². The van der Waals surface area contributed by atoms with Crippen LogP contribution in [0.25, 0.3) is 11.0 Å². The molecule has 0 atom stereocenters. The maximum Gasteiger partial charge on any atom is 0.292 e. The molecular weight excluding hydrogens is 370 g/mol. The molecule has 1 aromatic carbocycles. The highest BCUT2D eigenvalue weighted by Gasteiger charge is 2.18. The molecule has 2 heterocycles. The number of carbonyl (C=O) groups excluding carboxylic acids is 1. The largest absolute Gasteiger partial charge is 0.451 e. The zero-order valence-electron chi connectivity index (χ0n) is 12.9. The van der Waals surface area contributed by atoms with E-state index in [0.717, 1.165) is 16.9 Å². The van der Waals surface area contributed by atoms with Gasteiger partial charge in [-0.2, -0.15) is 10.4 Å². The number of nitrogens with one attached hydrogen (secondary N) is 1. The van der Waals surface area contributed by atoms with Gasteiger partial charge in [-0.15, -0.1) is 0 Å². The topological polar surface area (TPSA) is 101 Å². The fourth-order valence-corrected chi connectivity index (χ4v) is 2.41. The van der Waals surface area contributed by atoms with Gasteiger partial charge in [0.05, 0.1) is 5.39 Å². The Morgan fingerprint density at radius 2 is 2.19 bits per heavy atom. The summed E-state index contributed by atoms with van der Waals surface area (Å²) in [6.45, 7) is -0.726. The number of nitrogens with zero attached hydrogens (tertiary/aromatic N) is 3. The lowest BCUT2D eigenvalue weighted by Gasteiger charge is -2.04. The molecule has 0 spiro atoms. The van der Waals surface area contributed by atoms with E-state index in [4.69, 9.17) is 21.3 Å². The van der Waals surface area contributed by atoms with Crippen LogP contribution in [0.1, 0.15) is 16.1 Å². The first kappa shape index (κ1) is 17.6. The number of halogens is 3. The molecule has 7 nitrogen and oxygen atoms in total. The SMILES string of the molecule is N#Cc1cn(CC(F)F)nc1NC(=O)c1cc(=O)c2cc(Cl)ccc2o1. The van der Waals surface area contributed by atoms with Gasteiger partial charge in [0.15, 0.2) is 17.0 Å². The molecule has 0 saturated heterocycles. The molecule has 0 saturated carbocycles. The van der Waals surface area contributed by atoms with Crippen molar-refractivity contribution >= 4 is 34.3 Å². The minimum absolute atomic E-state index is 0.103. The van der Waals surface area contributed by atoms with E-state index in [1.54, 1.807) is 6.07 Å². The predicted octanol–water partition coefficient (Wildman–Crippen LogP) is 3.03. The number of nitriles is 1. The second kappa shape index (κ2) is 6.93. The van der Waals surface area contributed by atoms with Gasteiger partial charge in [0.2, 0.25) is 0 Å². The van der Waals surface area contributed by atoms with Crippen LogP contribution in [0.4, 0.5) is 14.6 Å². The zero-order valence-corrected chi connectivity index (χ0v) is 13.6. The number of aromatic nitrogens is 2. The number of rotatable bonds is 4. The van der Waals surface area contributed by atoms with Crippen molar-refractivity contribution in [3.8, 4) is 6.07 Å². The smallest absolute Gasteiger partial charge is 0.292 e. The number of benzene rings is 1. The van der Waals surface area contributed by atoms with Crippen molar-refractivity contribution < 1.29 is 18.0 Å². The monoisotopic (exact) mass is 378 g/mol. The van der Waals surface area contributed by atoms with Crippen LogP contribution in [-0.4, -0.2) is 22.1 Å². The van der Waals surface area contributed by atoms with E-state index < -0.39 is 24.3 Å². The maximum absolute atomic E-state index is 12.4. The van der Waals surface area contributed by atoms with Crippen LogP contribution in [0, 0.1) is 11.3 Å². The van der Waals surface area contributed by atoms with Crippen molar-refractivity contribution in [2.75, 3.05) is 5.32 Å². The third-order valence-corrected chi connectivity index (χ3v) is 3.59. The minimum atomic E-state index is -2.67. The first-order valence-electron chi connectivity index (χ1n) is 7.18. The lowest BCUT2D eigenvalue weighted by atomic mass is 10.2. The Kier molecular flexibility index (Phi) is 4.69. The number of hydrogen-bond donors (Lipinski definition) is 1. The van der Waals surface area contributed by atoms with Crippen LogP contribution in [0.5, 0.6) is 0 Å². The number of fused-ring (bicyclic) bond motifs is 1. The standard InChI is InChI=1S/C16H9ClF2N4O3/c17-9-1-2-12-10(3-9)11(24)4-13(26-12)16(25)21-15-8(5-20)6-23(22-15)7-14(18)19/h1-4,6,14H,7H2,(H,21,22,25). The Balaban J connectivity index is 1.92. The molecule has 0 aliphatic carbocycles. The number of amides is 1. The molecule has 0 bridgehead atoms. The molecule has 3 rings (SSSR count). The van der Waals surface area contributed by atoms with Crippen molar-refractivity contribution in [2.24, 2.45) is 0 Å². The average molecular weight is 379 g/mol. The summed E-state index contributed by atoms with van der Waals surface area (Å²) < 4.78 is 31.1. The highest BCUT2D eigenvalue weighted by Crippen LogP contribution is 2.19. The number of anilines is 1. The second-order valence-corrected chi connectivity index (χ2v) is 5.62. The van der Waals surface area contributed by atoms with Crippen LogP contribution in [0.3, 0.4) is 0 Å². The van der Waals surface area contributed by atoms with Gasteiger partial charge in [0.1, 0.15) is 23.8 Å². The van der Waals surface area contributed by atoms with Crippen LogP contribution in [0.2, 0.25) is 5.02 Å². The number of hydrogen-bond acceptors (Lipinski definition) is 5. The molecule has 1 N–H and O–H groups in total. The maximum atomic E-state index is 12.4. The van der Waals surface area contributed by atoms with Crippen LogP contribution < -0.4 is 10.7 Å². The molecule has 26 heavy (non-hydrogen) atoms. The summed E-state index contributed by atoms with van der Waals surface area (Å²) in [7, 11) is 0. The third-order valence-electron chi connectivity index (χ3n) is 3.35. The Morgan fingerprint density at radius 1 is 1.42 bits per heavy atom. The van der Waals surface area contributed by atoms with Gasteiger partial charge in [-0.3, -0.25) is 14.3 Å².